The molecule has 1 N–H and O–H groups in total. The molecule has 0 spiro atoms. The maximum Gasteiger partial charge on any atom is 0.243 e. The first kappa shape index (κ1) is 25.6. The Balaban J connectivity index is 1.96. The van der Waals surface area contributed by atoms with Crippen molar-refractivity contribution >= 4 is 27.7 Å². The third kappa shape index (κ3) is 7.52. The van der Waals surface area contributed by atoms with E-state index in [1.54, 1.807) is 23.1 Å². The lowest BCUT2D eigenvalue weighted by atomic mass is 10.0. The topological polar surface area (TPSA) is 49.4 Å². The minimum Gasteiger partial charge on any atom is -0.354 e. The molecule has 0 saturated heterocycles. The molecule has 2 amide bonds. The molecule has 1 atom stereocenters. The van der Waals surface area contributed by atoms with Gasteiger partial charge in [0.2, 0.25) is 11.8 Å². The van der Waals surface area contributed by atoms with E-state index in [2.05, 4.69) is 21.2 Å². The molecule has 0 heterocycles. The van der Waals surface area contributed by atoms with Crippen LogP contribution in [0, 0.1) is 11.7 Å². The maximum atomic E-state index is 14.3. The van der Waals surface area contributed by atoms with Crippen LogP contribution in [0.2, 0.25) is 0 Å². The Morgan fingerprint density at radius 3 is 2.21 bits per heavy atom. The molecule has 6 heteroatoms. The van der Waals surface area contributed by atoms with Crippen LogP contribution in [0.15, 0.2) is 83.3 Å². The van der Waals surface area contributed by atoms with E-state index in [1.807, 2.05) is 68.4 Å². The molecule has 0 bridgehead atoms. The number of nitrogens with zero attached hydrogens (tertiary/aromatic N) is 1. The molecule has 0 fully saturated rings. The van der Waals surface area contributed by atoms with E-state index in [1.165, 1.54) is 6.07 Å². The Hall–Kier alpha value is -2.99. The first-order valence-corrected chi connectivity index (χ1v) is 12.2. The highest BCUT2D eigenvalue weighted by atomic mass is 79.9. The number of amides is 2. The van der Waals surface area contributed by atoms with E-state index in [-0.39, 0.29) is 30.7 Å². The third-order valence-corrected chi connectivity index (χ3v) is 6.05. The van der Waals surface area contributed by atoms with Gasteiger partial charge in [-0.2, -0.15) is 0 Å². The predicted octanol–water partition coefficient (Wildman–Crippen LogP) is 5.54. The van der Waals surface area contributed by atoms with Gasteiger partial charge in [0.15, 0.2) is 0 Å². The molecule has 0 radical (unpaired) electrons. The van der Waals surface area contributed by atoms with E-state index < -0.39 is 11.9 Å². The predicted molar refractivity (Wildman–Crippen MR) is 137 cm³/mol. The van der Waals surface area contributed by atoms with Crippen molar-refractivity contribution in [3.63, 3.8) is 0 Å². The second kappa shape index (κ2) is 12.5. The fourth-order valence-electron chi connectivity index (χ4n) is 3.67. The summed E-state index contributed by atoms with van der Waals surface area (Å²) in [5, 5.41) is 2.99. The molecule has 0 saturated carbocycles. The molecule has 178 valence electrons. The molecular weight excluding hydrogens is 495 g/mol. The molecule has 0 unspecified atom stereocenters. The van der Waals surface area contributed by atoms with E-state index in [9.17, 15) is 14.0 Å². The molecule has 3 aromatic rings. The molecule has 3 aromatic carbocycles. The van der Waals surface area contributed by atoms with Crippen LogP contribution in [0.3, 0.4) is 0 Å². The van der Waals surface area contributed by atoms with Crippen LogP contribution in [0.25, 0.3) is 0 Å². The van der Waals surface area contributed by atoms with Gasteiger partial charge >= 0.3 is 0 Å². The van der Waals surface area contributed by atoms with Gasteiger partial charge in [0.05, 0.1) is 6.42 Å². The largest absolute Gasteiger partial charge is 0.354 e. The van der Waals surface area contributed by atoms with Crippen molar-refractivity contribution in [2.45, 2.75) is 39.3 Å². The van der Waals surface area contributed by atoms with Crippen LogP contribution >= 0.6 is 15.9 Å². The summed E-state index contributed by atoms with van der Waals surface area (Å²) in [4.78, 5) is 28.5. The van der Waals surface area contributed by atoms with E-state index in [0.29, 0.717) is 18.5 Å². The maximum absolute atomic E-state index is 14.3. The van der Waals surface area contributed by atoms with Crippen LogP contribution in [0.4, 0.5) is 4.39 Å². The SMILES string of the molecule is CC(C)CNC(=O)[C@@H](Cc1ccccc1)N(Cc1ccc(Br)cc1)C(=O)Cc1ccccc1F. The summed E-state index contributed by atoms with van der Waals surface area (Å²) in [5.74, 6) is -0.663. The van der Waals surface area contributed by atoms with E-state index in [0.717, 1.165) is 15.6 Å². The van der Waals surface area contributed by atoms with Gasteiger partial charge in [-0.1, -0.05) is 90.4 Å². The van der Waals surface area contributed by atoms with Gasteiger partial charge in [0.25, 0.3) is 0 Å². The number of hydrogen-bond acceptors (Lipinski definition) is 2. The Labute approximate surface area is 209 Å². The summed E-state index contributed by atoms with van der Waals surface area (Å²) in [6.45, 7) is 4.80. The summed E-state index contributed by atoms with van der Waals surface area (Å²) < 4.78 is 15.3. The summed E-state index contributed by atoms with van der Waals surface area (Å²) in [7, 11) is 0. The van der Waals surface area contributed by atoms with Crippen molar-refractivity contribution < 1.29 is 14.0 Å². The molecule has 0 aromatic heterocycles. The number of hydrogen-bond donors (Lipinski definition) is 1. The zero-order valence-corrected chi connectivity index (χ0v) is 21.1. The van der Waals surface area contributed by atoms with Crippen LogP contribution in [-0.2, 0) is 29.0 Å². The zero-order valence-electron chi connectivity index (χ0n) is 19.5. The highest BCUT2D eigenvalue weighted by molar-refractivity contribution is 9.10. The van der Waals surface area contributed by atoms with Crippen molar-refractivity contribution in [3.05, 3.63) is 106 Å². The Morgan fingerprint density at radius 1 is 0.912 bits per heavy atom. The van der Waals surface area contributed by atoms with Crippen LogP contribution in [-0.4, -0.2) is 29.3 Å². The van der Waals surface area contributed by atoms with Gasteiger partial charge in [-0.25, -0.2) is 4.39 Å². The Morgan fingerprint density at radius 2 is 1.56 bits per heavy atom. The summed E-state index contributed by atoms with van der Waals surface area (Å²) >= 11 is 3.44. The number of benzene rings is 3. The van der Waals surface area contributed by atoms with Gasteiger partial charge in [-0.05, 0) is 40.8 Å². The van der Waals surface area contributed by atoms with Crippen LogP contribution < -0.4 is 5.32 Å². The average Bonchev–Trinajstić information content (AvgIpc) is 2.83. The van der Waals surface area contributed by atoms with Crippen molar-refractivity contribution in [2.24, 2.45) is 5.92 Å². The fraction of sp³-hybridized carbons (Fsp3) is 0.286. The third-order valence-electron chi connectivity index (χ3n) is 5.52. The second-order valence-electron chi connectivity index (χ2n) is 8.76. The first-order chi connectivity index (χ1) is 16.3. The lowest BCUT2D eigenvalue weighted by molar-refractivity contribution is -0.140. The van der Waals surface area contributed by atoms with Crippen molar-refractivity contribution in [1.29, 1.82) is 0 Å². The Bertz CT molecular complexity index is 1090. The highest BCUT2D eigenvalue weighted by Gasteiger charge is 2.30. The highest BCUT2D eigenvalue weighted by Crippen LogP contribution is 2.19. The van der Waals surface area contributed by atoms with E-state index in [4.69, 9.17) is 0 Å². The molecule has 3 rings (SSSR count). The number of carbonyl (C=O) groups is 2. The fourth-order valence-corrected chi connectivity index (χ4v) is 3.93. The Kier molecular flexibility index (Phi) is 9.40. The smallest absolute Gasteiger partial charge is 0.243 e. The second-order valence-corrected chi connectivity index (χ2v) is 9.68. The average molecular weight is 525 g/mol. The summed E-state index contributed by atoms with van der Waals surface area (Å²) in [5.41, 5.74) is 2.15. The number of rotatable bonds is 10. The molecule has 4 nitrogen and oxygen atoms in total. The first-order valence-electron chi connectivity index (χ1n) is 11.4. The normalized spacial score (nSPS) is 11.8. The van der Waals surface area contributed by atoms with Crippen molar-refractivity contribution in [3.8, 4) is 0 Å². The molecule has 34 heavy (non-hydrogen) atoms. The van der Waals surface area contributed by atoms with Crippen LogP contribution in [0.1, 0.15) is 30.5 Å². The minimum absolute atomic E-state index is 0.119. The van der Waals surface area contributed by atoms with Gasteiger partial charge < -0.3 is 10.2 Å². The van der Waals surface area contributed by atoms with Gasteiger partial charge in [0.1, 0.15) is 11.9 Å². The van der Waals surface area contributed by atoms with E-state index >= 15 is 0 Å². The minimum atomic E-state index is -0.732. The lowest BCUT2D eigenvalue weighted by Crippen LogP contribution is -2.51. The zero-order chi connectivity index (χ0) is 24.5. The van der Waals surface area contributed by atoms with Crippen molar-refractivity contribution in [2.75, 3.05) is 6.54 Å². The van der Waals surface area contributed by atoms with Crippen molar-refractivity contribution in [1.82, 2.24) is 10.2 Å². The monoisotopic (exact) mass is 524 g/mol. The van der Waals surface area contributed by atoms with Gasteiger partial charge in [0, 0.05) is 24.0 Å². The summed E-state index contributed by atoms with van der Waals surface area (Å²) in [6, 6.07) is 22.8. The standard InChI is InChI=1S/C28H30BrFN2O2/c1-20(2)18-31-28(34)26(16-21-8-4-3-5-9-21)32(19-22-12-14-24(29)15-13-22)27(33)17-23-10-6-7-11-25(23)30/h3-15,20,26H,16-19H2,1-2H3,(H,31,34)/t26-/m1/s1. The summed E-state index contributed by atoms with van der Waals surface area (Å²) in [6.07, 6.45) is 0.246. The molecule has 0 aliphatic heterocycles. The van der Waals surface area contributed by atoms with Crippen LogP contribution in [0.5, 0.6) is 0 Å². The lowest BCUT2D eigenvalue weighted by Gasteiger charge is -2.32. The number of halogens is 2. The van der Waals surface area contributed by atoms with Gasteiger partial charge in [-0.15, -0.1) is 0 Å². The molecule has 0 aliphatic carbocycles. The number of nitrogens with one attached hydrogen (secondary N) is 1. The molecular formula is C28H30BrFN2O2. The quantitative estimate of drug-likeness (QED) is 0.378. The molecule has 0 aliphatic rings. The number of carbonyl (C=O) groups excluding carboxylic acids is 2. The van der Waals surface area contributed by atoms with Gasteiger partial charge in [-0.3, -0.25) is 9.59 Å².